The van der Waals surface area contributed by atoms with E-state index in [0.717, 1.165) is 12.0 Å². The van der Waals surface area contributed by atoms with Crippen LogP contribution in [0.5, 0.6) is 0 Å². The smallest absolute Gasteiger partial charge is 0.248 e. The van der Waals surface area contributed by atoms with Gasteiger partial charge in [-0.3, -0.25) is 14.9 Å². The van der Waals surface area contributed by atoms with Gasteiger partial charge in [-0.1, -0.05) is 24.3 Å². The lowest BCUT2D eigenvalue weighted by molar-refractivity contribution is -0.121. The number of carbonyl (C=O) groups is 2. The number of fused-ring (bicyclic) bond motifs is 1. The standard InChI is InChI=1S/C16H19N5O3/c1-17-15(23)9-21-10-18-16(20-21)19-14(22)8-13-12-5-3-2-4-11(12)6-7-24-13/h2-5,10,13H,6-9H2,1H3,(H,17,23)(H,19,20,22)/t13-/m0/s1. The van der Waals surface area contributed by atoms with E-state index in [1.807, 2.05) is 18.2 Å². The first-order valence-corrected chi connectivity index (χ1v) is 7.75. The van der Waals surface area contributed by atoms with Crippen LogP contribution >= 0.6 is 0 Å². The van der Waals surface area contributed by atoms with E-state index in [2.05, 4.69) is 26.8 Å². The van der Waals surface area contributed by atoms with E-state index >= 15 is 0 Å². The summed E-state index contributed by atoms with van der Waals surface area (Å²) in [5.74, 6) is -0.243. The molecule has 0 radical (unpaired) electrons. The second-order valence-corrected chi connectivity index (χ2v) is 5.50. The molecule has 24 heavy (non-hydrogen) atoms. The Morgan fingerprint density at radius 1 is 1.33 bits per heavy atom. The molecule has 1 aliphatic rings. The third kappa shape index (κ3) is 3.77. The Balaban J connectivity index is 1.60. The first kappa shape index (κ1) is 16.1. The first-order valence-electron chi connectivity index (χ1n) is 7.75. The maximum absolute atomic E-state index is 12.2. The quantitative estimate of drug-likeness (QED) is 0.840. The molecule has 0 unspecified atom stereocenters. The van der Waals surface area contributed by atoms with Crippen LogP contribution in [0, 0.1) is 0 Å². The van der Waals surface area contributed by atoms with Crippen molar-refractivity contribution < 1.29 is 14.3 Å². The van der Waals surface area contributed by atoms with Gasteiger partial charge in [0.25, 0.3) is 0 Å². The number of ether oxygens (including phenoxy) is 1. The van der Waals surface area contributed by atoms with Crippen molar-refractivity contribution in [3.8, 4) is 0 Å². The number of likely N-dealkylation sites (N-methyl/N-ethyl adjacent to an activating group) is 1. The molecule has 8 nitrogen and oxygen atoms in total. The summed E-state index contributed by atoms with van der Waals surface area (Å²) in [4.78, 5) is 27.5. The third-order valence-corrected chi connectivity index (χ3v) is 3.84. The van der Waals surface area contributed by atoms with E-state index in [-0.39, 0.29) is 36.8 Å². The van der Waals surface area contributed by atoms with Crippen molar-refractivity contribution in [2.24, 2.45) is 0 Å². The molecule has 8 heteroatoms. The normalized spacial score (nSPS) is 16.3. The largest absolute Gasteiger partial charge is 0.373 e. The Morgan fingerprint density at radius 2 is 2.17 bits per heavy atom. The van der Waals surface area contributed by atoms with Gasteiger partial charge in [0.05, 0.1) is 19.1 Å². The van der Waals surface area contributed by atoms with Crippen LogP contribution in [-0.2, 0) is 27.3 Å². The minimum atomic E-state index is -0.261. The lowest BCUT2D eigenvalue weighted by Crippen LogP contribution is -2.24. The van der Waals surface area contributed by atoms with Gasteiger partial charge in [-0.2, -0.15) is 0 Å². The van der Waals surface area contributed by atoms with Gasteiger partial charge in [-0.15, -0.1) is 5.10 Å². The predicted octanol–water partition coefficient (Wildman–Crippen LogP) is 0.667. The Labute approximate surface area is 139 Å². The Bertz CT molecular complexity index is 743. The molecular formula is C16H19N5O3. The first-order chi connectivity index (χ1) is 11.7. The van der Waals surface area contributed by atoms with Gasteiger partial charge in [-0.05, 0) is 17.5 Å². The molecule has 0 saturated heterocycles. The van der Waals surface area contributed by atoms with Crippen molar-refractivity contribution in [1.82, 2.24) is 20.1 Å². The van der Waals surface area contributed by atoms with Crippen LogP contribution < -0.4 is 10.6 Å². The van der Waals surface area contributed by atoms with Gasteiger partial charge < -0.3 is 10.1 Å². The fraction of sp³-hybridized carbons (Fsp3) is 0.375. The molecule has 2 aromatic rings. The number of nitrogens with one attached hydrogen (secondary N) is 2. The second-order valence-electron chi connectivity index (χ2n) is 5.50. The summed E-state index contributed by atoms with van der Waals surface area (Å²) >= 11 is 0. The van der Waals surface area contributed by atoms with Gasteiger partial charge in [0, 0.05) is 7.05 Å². The molecule has 0 fully saturated rings. The van der Waals surface area contributed by atoms with Crippen molar-refractivity contribution in [2.45, 2.75) is 25.5 Å². The van der Waals surface area contributed by atoms with Crippen molar-refractivity contribution >= 4 is 17.8 Å². The molecule has 2 heterocycles. The molecule has 1 aliphatic heterocycles. The molecule has 1 aromatic heterocycles. The average molecular weight is 329 g/mol. The molecular weight excluding hydrogens is 310 g/mol. The zero-order chi connectivity index (χ0) is 16.9. The molecule has 1 atom stereocenters. The molecule has 1 aromatic carbocycles. The van der Waals surface area contributed by atoms with Crippen LogP contribution in [0.2, 0.25) is 0 Å². The van der Waals surface area contributed by atoms with E-state index in [1.54, 1.807) is 7.05 Å². The number of rotatable bonds is 5. The number of benzene rings is 1. The Morgan fingerprint density at radius 3 is 3.00 bits per heavy atom. The SMILES string of the molecule is CNC(=O)Cn1cnc(NC(=O)C[C@@H]2OCCc3ccccc32)n1. The Kier molecular flexibility index (Phi) is 4.85. The number of aromatic nitrogens is 3. The lowest BCUT2D eigenvalue weighted by atomic mass is 9.96. The van der Waals surface area contributed by atoms with Crippen molar-refractivity contribution in [3.05, 3.63) is 41.7 Å². The van der Waals surface area contributed by atoms with E-state index in [9.17, 15) is 9.59 Å². The number of anilines is 1. The number of nitrogens with zero attached hydrogens (tertiary/aromatic N) is 3. The molecule has 2 amide bonds. The summed E-state index contributed by atoms with van der Waals surface area (Å²) in [7, 11) is 1.55. The molecule has 0 aliphatic carbocycles. The van der Waals surface area contributed by atoms with Gasteiger partial charge in [0.15, 0.2) is 0 Å². The summed E-state index contributed by atoms with van der Waals surface area (Å²) in [6.45, 7) is 0.659. The van der Waals surface area contributed by atoms with Gasteiger partial charge in [0.2, 0.25) is 17.8 Å². The van der Waals surface area contributed by atoms with Gasteiger partial charge in [-0.25, -0.2) is 9.67 Å². The summed E-state index contributed by atoms with van der Waals surface area (Å²) in [6.07, 6.45) is 2.20. The van der Waals surface area contributed by atoms with Gasteiger partial charge >= 0.3 is 0 Å². The van der Waals surface area contributed by atoms with Crippen molar-refractivity contribution in [3.63, 3.8) is 0 Å². The van der Waals surface area contributed by atoms with E-state index < -0.39 is 0 Å². The maximum atomic E-state index is 12.2. The summed E-state index contributed by atoms with van der Waals surface area (Å²) in [5, 5.41) is 9.18. The van der Waals surface area contributed by atoms with Crippen LogP contribution in [0.25, 0.3) is 0 Å². The zero-order valence-electron chi connectivity index (χ0n) is 13.4. The van der Waals surface area contributed by atoms with E-state index in [1.165, 1.54) is 16.6 Å². The van der Waals surface area contributed by atoms with E-state index in [0.29, 0.717) is 6.61 Å². The summed E-state index contributed by atoms with van der Waals surface area (Å²) in [5.41, 5.74) is 2.27. The Hall–Kier alpha value is -2.74. The topological polar surface area (TPSA) is 98.1 Å². The molecule has 2 N–H and O–H groups in total. The highest BCUT2D eigenvalue weighted by molar-refractivity contribution is 5.89. The number of amides is 2. The molecule has 0 saturated carbocycles. The minimum Gasteiger partial charge on any atom is -0.373 e. The van der Waals surface area contributed by atoms with E-state index in [4.69, 9.17) is 4.74 Å². The lowest BCUT2D eigenvalue weighted by Gasteiger charge is -2.25. The molecule has 126 valence electrons. The highest BCUT2D eigenvalue weighted by Gasteiger charge is 2.23. The van der Waals surface area contributed by atoms with Crippen LogP contribution in [-0.4, -0.2) is 40.2 Å². The van der Waals surface area contributed by atoms with Crippen LogP contribution in [0.1, 0.15) is 23.7 Å². The van der Waals surface area contributed by atoms with Crippen LogP contribution in [0.3, 0.4) is 0 Å². The number of carbonyl (C=O) groups excluding carboxylic acids is 2. The molecule has 0 bridgehead atoms. The maximum Gasteiger partial charge on any atom is 0.248 e. The monoisotopic (exact) mass is 329 g/mol. The number of hydrogen-bond donors (Lipinski definition) is 2. The average Bonchev–Trinajstić information content (AvgIpc) is 3.01. The summed E-state index contributed by atoms with van der Waals surface area (Å²) < 4.78 is 7.09. The predicted molar refractivity (Wildman–Crippen MR) is 86.2 cm³/mol. The van der Waals surface area contributed by atoms with Crippen molar-refractivity contribution in [1.29, 1.82) is 0 Å². The summed E-state index contributed by atoms with van der Waals surface area (Å²) in [6, 6.07) is 7.98. The highest BCUT2D eigenvalue weighted by Crippen LogP contribution is 2.29. The van der Waals surface area contributed by atoms with Crippen LogP contribution in [0.4, 0.5) is 5.95 Å². The minimum absolute atomic E-state index is 0.0540. The molecule has 0 spiro atoms. The second kappa shape index (κ2) is 7.22. The zero-order valence-corrected chi connectivity index (χ0v) is 13.4. The third-order valence-electron chi connectivity index (χ3n) is 3.84. The van der Waals surface area contributed by atoms with Crippen molar-refractivity contribution in [2.75, 3.05) is 19.0 Å². The van der Waals surface area contributed by atoms with Crippen LogP contribution in [0.15, 0.2) is 30.6 Å². The van der Waals surface area contributed by atoms with Gasteiger partial charge in [0.1, 0.15) is 12.9 Å². The number of hydrogen-bond acceptors (Lipinski definition) is 5. The highest BCUT2D eigenvalue weighted by atomic mass is 16.5. The fourth-order valence-electron chi connectivity index (χ4n) is 2.64. The molecule has 3 rings (SSSR count). The fourth-order valence-corrected chi connectivity index (χ4v) is 2.64.